The van der Waals surface area contributed by atoms with Crippen LogP contribution in [0.25, 0.3) is 62.4 Å². The zero-order valence-corrected chi connectivity index (χ0v) is 33.7. The zero-order valence-electron chi connectivity index (χ0n) is 31.5. The van der Waals surface area contributed by atoms with E-state index in [1.165, 1.54) is 22.5 Å². The van der Waals surface area contributed by atoms with Crippen molar-refractivity contribution in [3.8, 4) is 62.4 Å². The molecule has 284 valence electrons. The number of para-hydroxylation sites is 3. The zero-order chi connectivity index (χ0) is 37.7. The molecule has 0 bridgehead atoms. The van der Waals surface area contributed by atoms with Gasteiger partial charge in [0.15, 0.2) is 0 Å². The van der Waals surface area contributed by atoms with Crippen LogP contribution in [0.15, 0.2) is 237 Å². The number of rotatable bonds is 7. The maximum atomic E-state index is 7.00. The molecule has 0 saturated heterocycles. The standard InChI is InChI=1S/C40H29N3.2C5H5.CH4O.2Fe/c1-4-18-32(19-5-1)41-35(30-14-10-11-15-30)24-26-37(41)39-28-29-40(43(39)34-22-8-3-9-23-34)38-27-25-36(31-16-12-13-17-31)42(38)33-20-6-2-7-21-33;2*1-2-4-5-3-1;1-2;;/h1-29H;2*1-5H;2H,1H3;;/q-2;2*-1;;2*+2. The summed E-state index contributed by atoms with van der Waals surface area (Å²) in [5, 5.41) is 7.00. The fraction of sp³-hybridized carbons (Fsp3) is 0.0196. The fourth-order valence-corrected chi connectivity index (χ4v) is 6.86. The van der Waals surface area contributed by atoms with E-state index in [4.69, 9.17) is 5.11 Å². The minimum Gasteiger partial charge on any atom is -0.400 e. The second-order valence-corrected chi connectivity index (χ2v) is 12.6. The Balaban J connectivity index is 0.000000384. The van der Waals surface area contributed by atoms with Crippen LogP contribution in [0.1, 0.15) is 0 Å². The van der Waals surface area contributed by atoms with Crippen LogP contribution in [0.5, 0.6) is 0 Å². The number of aromatic nitrogens is 3. The summed E-state index contributed by atoms with van der Waals surface area (Å²) in [4.78, 5) is 0. The minimum atomic E-state index is 0. The maximum absolute atomic E-state index is 7.00. The molecule has 0 aliphatic heterocycles. The molecule has 3 heterocycles. The summed E-state index contributed by atoms with van der Waals surface area (Å²) in [5.74, 6) is 0. The molecule has 0 amide bonds. The van der Waals surface area contributed by atoms with E-state index in [1.807, 2.05) is 60.7 Å². The molecule has 6 heteroatoms. The Labute approximate surface area is 357 Å². The summed E-state index contributed by atoms with van der Waals surface area (Å²) in [5.41, 5.74) is 12.6. The quantitative estimate of drug-likeness (QED) is 0.126. The molecule has 3 aromatic heterocycles. The Kier molecular flexibility index (Phi) is 15.7. The first-order chi connectivity index (χ1) is 27.4. The van der Waals surface area contributed by atoms with Gasteiger partial charge in [-0.25, -0.2) is 24.3 Å². The topological polar surface area (TPSA) is 35.0 Å². The van der Waals surface area contributed by atoms with Crippen molar-refractivity contribution in [2.24, 2.45) is 0 Å². The van der Waals surface area contributed by atoms with Crippen LogP contribution in [0.2, 0.25) is 0 Å². The summed E-state index contributed by atoms with van der Waals surface area (Å²) >= 11 is 0. The van der Waals surface area contributed by atoms with Crippen molar-refractivity contribution in [3.05, 3.63) is 237 Å². The molecule has 1 N–H and O–H groups in total. The smallest absolute Gasteiger partial charge is 0.400 e. The first kappa shape index (κ1) is 42.0. The van der Waals surface area contributed by atoms with Gasteiger partial charge in [-0.15, -0.1) is 29.8 Å². The van der Waals surface area contributed by atoms with Crippen LogP contribution in [0, 0.1) is 0 Å². The Morgan fingerprint density at radius 3 is 1.16 bits per heavy atom. The van der Waals surface area contributed by atoms with Crippen LogP contribution in [0.4, 0.5) is 0 Å². The molecule has 4 nitrogen and oxygen atoms in total. The van der Waals surface area contributed by atoms with Crippen LogP contribution >= 0.6 is 0 Å². The maximum Gasteiger partial charge on any atom is 2.00 e. The predicted molar refractivity (Wildman–Crippen MR) is 230 cm³/mol. The number of nitrogens with zero attached hydrogens (tertiary/aromatic N) is 3. The predicted octanol–water partition coefficient (Wildman–Crippen LogP) is 12.6. The van der Waals surface area contributed by atoms with Gasteiger partial charge in [-0.3, -0.25) is 0 Å². The molecule has 0 aliphatic carbocycles. The summed E-state index contributed by atoms with van der Waals surface area (Å²) in [6, 6.07) is 82.6. The van der Waals surface area contributed by atoms with Gasteiger partial charge in [-0.05, 0) is 66.0 Å². The fourth-order valence-electron chi connectivity index (χ4n) is 6.86. The number of hydrogen-bond donors (Lipinski definition) is 1. The molecule has 0 saturated carbocycles. The van der Waals surface area contributed by atoms with Gasteiger partial charge in [0.1, 0.15) is 0 Å². The van der Waals surface area contributed by atoms with E-state index in [9.17, 15) is 0 Å². The molecule has 10 rings (SSSR count). The van der Waals surface area contributed by atoms with Crippen LogP contribution < -0.4 is 0 Å². The minimum absolute atomic E-state index is 0. The molecule has 10 aromatic rings. The molecular formula is C51H43Fe2N3O. The third-order valence-corrected chi connectivity index (χ3v) is 9.24. The van der Waals surface area contributed by atoms with E-state index in [1.54, 1.807) is 0 Å². The van der Waals surface area contributed by atoms with Crippen molar-refractivity contribution < 1.29 is 39.2 Å². The van der Waals surface area contributed by atoms with E-state index in [-0.39, 0.29) is 34.1 Å². The SMILES string of the molecule is CO.[Fe+2].[Fe+2].c1cc[cH-]c1.c1cc[cH-]c1.c1ccc(-n2c(-c3ccc[cH-]3)ccc2-c2ccc(-c3ccc(-[c-]4cccc4)n3-c3ccccc3)n2-c2ccccc2)cc1. The molecule has 0 radical (unpaired) electrons. The Morgan fingerprint density at radius 1 is 0.368 bits per heavy atom. The number of aliphatic hydroxyl groups excluding tert-OH is 1. The van der Waals surface area contributed by atoms with Crippen LogP contribution in [-0.2, 0) is 34.1 Å². The molecule has 0 atom stereocenters. The summed E-state index contributed by atoms with van der Waals surface area (Å²) in [6.07, 6.45) is 0. The van der Waals surface area contributed by atoms with Crippen LogP contribution in [0.3, 0.4) is 0 Å². The van der Waals surface area contributed by atoms with E-state index < -0.39 is 0 Å². The number of hydrogen-bond acceptors (Lipinski definition) is 1. The van der Waals surface area contributed by atoms with Gasteiger partial charge in [0.05, 0.1) is 22.8 Å². The Hall–Kier alpha value is -6.10. The van der Waals surface area contributed by atoms with Crippen LogP contribution in [-0.4, -0.2) is 25.9 Å². The monoisotopic (exact) mass is 825 g/mol. The van der Waals surface area contributed by atoms with Gasteiger partial charge in [0.25, 0.3) is 0 Å². The van der Waals surface area contributed by atoms with Crippen molar-refractivity contribution in [2.45, 2.75) is 0 Å². The van der Waals surface area contributed by atoms with Crippen molar-refractivity contribution in [1.29, 1.82) is 0 Å². The number of aliphatic hydroxyl groups is 1. The molecule has 0 unspecified atom stereocenters. The molecule has 7 aromatic carbocycles. The summed E-state index contributed by atoms with van der Waals surface area (Å²) in [7, 11) is 1.00. The number of benzene rings is 3. The van der Waals surface area contributed by atoms with E-state index in [0.29, 0.717) is 0 Å². The van der Waals surface area contributed by atoms with Crippen molar-refractivity contribution in [2.75, 3.05) is 7.11 Å². The van der Waals surface area contributed by atoms with E-state index in [0.717, 1.165) is 46.9 Å². The van der Waals surface area contributed by atoms with Gasteiger partial charge >= 0.3 is 34.1 Å². The van der Waals surface area contributed by atoms with Gasteiger partial charge in [0, 0.05) is 24.2 Å². The molecule has 57 heavy (non-hydrogen) atoms. The van der Waals surface area contributed by atoms with Gasteiger partial charge in [0.2, 0.25) is 0 Å². The van der Waals surface area contributed by atoms with E-state index >= 15 is 0 Å². The largest absolute Gasteiger partial charge is 2.00 e. The Morgan fingerprint density at radius 2 is 0.754 bits per heavy atom. The van der Waals surface area contributed by atoms with Crippen molar-refractivity contribution in [1.82, 2.24) is 13.7 Å². The van der Waals surface area contributed by atoms with Gasteiger partial charge in [-0.2, -0.15) is 66.7 Å². The molecule has 0 fully saturated rings. The first-order valence-corrected chi connectivity index (χ1v) is 18.4. The average Bonchev–Trinajstić information content (AvgIpc) is 4.11. The summed E-state index contributed by atoms with van der Waals surface area (Å²) in [6.45, 7) is 0. The van der Waals surface area contributed by atoms with Gasteiger partial charge < -0.3 is 18.8 Å². The third kappa shape index (κ3) is 9.65. The Bertz CT molecular complexity index is 2330. The normalized spacial score (nSPS) is 10.0. The van der Waals surface area contributed by atoms with Crippen molar-refractivity contribution >= 4 is 0 Å². The molecule has 0 aliphatic rings. The second-order valence-electron chi connectivity index (χ2n) is 12.6. The van der Waals surface area contributed by atoms with E-state index in [2.05, 4.69) is 190 Å². The van der Waals surface area contributed by atoms with Gasteiger partial charge in [-0.1, -0.05) is 72.3 Å². The average molecular weight is 826 g/mol. The first-order valence-electron chi connectivity index (χ1n) is 18.4. The second kappa shape index (κ2) is 21.3. The third-order valence-electron chi connectivity index (χ3n) is 9.24. The summed E-state index contributed by atoms with van der Waals surface area (Å²) < 4.78 is 7.14. The molecule has 0 spiro atoms. The van der Waals surface area contributed by atoms with Crippen molar-refractivity contribution in [3.63, 3.8) is 0 Å². The molecular weight excluding hydrogens is 782 g/mol.